The highest BCUT2D eigenvalue weighted by Gasteiger charge is 2.37. The summed E-state index contributed by atoms with van der Waals surface area (Å²) in [5.41, 5.74) is 4.05. The van der Waals surface area contributed by atoms with Crippen LogP contribution in [0.2, 0.25) is 0 Å². The molecule has 0 radical (unpaired) electrons. The second kappa shape index (κ2) is 8.76. The summed E-state index contributed by atoms with van der Waals surface area (Å²) < 4.78 is 41.5. The van der Waals surface area contributed by atoms with Gasteiger partial charge in [-0.3, -0.25) is 9.10 Å². The molecule has 0 atom stereocenters. The summed E-state index contributed by atoms with van der Waals surface area (Å²) >= 11 is 0. The van der Waals surface area contributed by atoms with Gasteiger partial charge < -0.3 is 9.80 Å². The standard InChI is InChI=1S/C26H26FN3O3S/c1-2-19-7-12-24-23(17-19)22-5-3-4-6-25(22)34(32,33)30(24)18-26(31)29-15-13-28(14-16-29)21-10-8-20(27)9-11-21/h3-12,17H,2,13-16,18H2,1H3. The van der Waals surface area contributed by atoms with Crippen LogP contribution in [0.5, 0.6) is 0 Å². The molecule has 2 aliphatic heterocycles. The highest BCUT2D eigenvalue weighted by molar-refractivity contribution is 7.93. The monoisotopic (exact) mass is 479 g/mol. The molecule has 0 spiro atoms. The first-order chi connectivity index (χ1) is 16.4. The van der Waals surface area contributed by atoms with Crippen LogP contribution in [0.3, 0.4) is 0 Å². The number of hydrogen-bond acceptors (Lipinski definition) is 4. The van der Waals surface area contributed by atoms with Gasteiger partial charge in [0, 0.05) is 43.0 Å². The van der Waals surface area contributed by atoms with Gasteiger partial charge in [0.05, 0.1) is 10.6 Å². The maximum Gasteiger partial charge on any atom is 0.265 e. The van der Waals surface area contributed by atoms with E-state index < -0.39 is 10.0 Å². The number of sulfonamides is 1. The maximum atomic E-state index is 13.5. The molecule has 5 rings (SSSR count). The van der Waals surface area contributed by atoms with Gasteiger partial charge >= 0.3 is 0 Å². The van der Waals surface area contributed by atoms with Gasteiger partial charge in [-0.15, -0.1) is 0 Å². The fraction of sp³-hybridized carbons (Fsp3) is 0.269. The molecule has 0 aliphatic carbocycles. The molecule has 34 heavy (non-hydrogen) atoms. The summed E-state index contributed by atoms with van der Waals surface area (Å²) in [5.74, 6) is -0.513. The number of aryl methyl sites for hydroxylation is 1. The van der Waals surface area contributed by atoms with Crippen molar-refractivity contribution < 1.29 is 17.6 Å². The van der Waals surface area contributed by atoms with Crippen LogP contribution in [0.4, 0.5) is 15.8 Å². The fourth-order valence-corrected chi connectivity index (χ4v) is 6.30. The predicted molar refractivity (Wildman–Crippen MR) is 131 cm³/mol. The first-order valence-corrected chi connectivity index (χ1v) is 12.9. The minimum Gasteiger partial charge on any atom is -0.368 e. The zero-order valence-electron chi connectivity index (χ0n) is 18.9. The van der Waals surface area contributed by atoms with Gasteiger partial charge in [0.2, 0.25) is 5.91 Å². The Kier molecular flexibility index (Phi) is 5.77. The molecule has 1 fully saturated rings. The highest BCUT2D eigenvalue weighted by atomic mass is 32.2. The number of halogens is 1. The molecule has 1 saturated heterocycles. The average Bonchev–Trinajstić information content (AvgIpc) is 2.87. The zero-order valence-corrected chi connectivity index (χ0v) is 19.8. The Morgan fingerprint density at radius 3 is 2.32 bits per heavy atom. The Labute approximate surface area is 199 Å². The number of rotatable bonds is 4. The molecule has 2 aliphatic rings. The molecule has 2 heterocycles. The topological polar surface area (TPSA) is 60.9 Å². The summed E-state index contributed by atoms with van der Waals surface area (Å²) in [5, 5.41) is 0. The van der Waals surface area contributed by atoms with Crippen LogP contribution in [0.15, 0.2) is 71.6 Å². The Morgan fingerprint density at radius 1 is 0.912 bits per heavy atom. The summed E-state index contributed by atoms with van der Waals surface area (Å²) in [7, 11) is -3.87. The van der Waals surface area contributed by atoms with E-state index in [0.29, 0.717) is 37.4 Å². The van der Waals surface area contributed by atoms with E-state index in [0.717, 1.165) is 23.2 Å². The molecule has 176 valence electrons. The number of nitrogens with zero attached hydrogens (tertiary/aromatic N) is 3. The zero-order chi connectivity index (χ0) is 23.9. The van der Waals surface area contributed by atoms with Gasteiger partial charge in [0.15, 0.2) is 0 Å². The van der Waals surface area contributed by atoms with Crippen LogP contribution in [-0.4, -0.2) is 51.9 Å². The number of amides is 1. The van der Waals surface area contributed by atoms with E-state index in [1.54, 1.807) is 35.2 Å². The van der Waals surface area contributed by atoms with E-state index in [1.807, 2.05) is 24.3 Å². The summed E-state index contributed by atoms with van der Waals surface area (Å²) in [6.07, 6.45) is 0.833. The summed E-state index contributed by atoms with van der Waals surface area (Å²) in [6, 6.07) is 19.0. The largest absolute Gasteiger partial charge is 0.368 e. The number of fused-ring (bicyclic) bond motifs is 3. The molecule has 6 nitrogen and oxygen atoms in total. The molecular weight excluding hydrogens is 453 g/mol. The van der Waals surface area contributed by atoms with Crippen LogP contribution in [0.25, 0.3) is 11.1 Å². The van der Waals surface area contributed by atoms with E-state index in [-0.39, 0.29) is 23.2 Å². The minimum atomic E-state index is -3.87. The van der Waals surface area contributed by atoms with E-state index >= 15 is 0 Å². The highest BCUT2D eigenvalue weighted by Crippen LogP contribution is 2.43. The molecule has 0 N–H and O–H groups in total. The quantitative estimate of drug-likeness (QED) is 0.569. The molecule has 0 bridgehead atoms. The van der Waals surface area contributed by atoms with Gasteiger partial charge in [0.1, 0.15) is 12.4 Å². The second-order valence-electron chi connectivity index (χ2n) is 8.56. The molecule has 0 saturated carbocycles. The van der Waals surface area contributed by atoms with Gasteiger partial charge in [-0.25, -0.2) is 12.8 Å². The third-order valence-electron chi connectivity index (χ3n) is 6.59. The summed E-state index contributed by atoms with van der Waals surface area (Å²) in [6.45, 7) is 3.96. The molecule has 3 aromatic rings. The van der Waals surface area contributed by atoms with Crippen molar-refractivity contribution in [2.45, 2.75) is 18.2 Å². The first kappa shape index (κ1) is 22.4. The van der Waals surface area contributed by atoms with Crippen molar-refractivity contribution in [2.75, 3.05) is 41.9 Å². The molecule has 0 unspecified atom stereocenters. The van der Waals surface area contributed by atoms with E-state index in [9.17, 15) is 17.6 Å². The summed E-state index contributed by atoms with van der Waals surface area (Å²) in [4.78, 5) is 17.3. The number of hydrogen-bond donors (Lipinski definition) is 0. The molecule has 0 aromatic heterocycles. The average molecular weight is 480 g/mol. The van der Waals surface area contributed by atoms with Crippen molar-refractivity contribution in [3.63, 3.8) is 0 Å². The Balaban J connectivity index is 1.38. The molecule has 1 amide bonds. The van der Waals surface area contributed by atoms with Crippen LogP contribution in [-0.2, 0) is 21.2 Å². The predicted octanol–water partition coefficient (Wildman–Crippen LogP) is 3.91. The van der Waals surface area contributed by atoms with Gasteiger partial charge in [-0.1, -0.05) is 31.2 Å². The number of carbonyl (C=O) groups excluding carboxylic acids is 1. The number of piperazine rings is 1. The van der Waals surface area contributed by atoms with Crippen molar-refractivity contribution in [3.05, 3.63) is 78.1 Å². The lowest BCUT2D eigenvalue weighted by atomic mass is 9.99. The van der Waals surface area contributed by atoms with E-state index in [1.165, 1.54) is 16.4 Å². The normalized spacial score (nSPS) is 16.7. The van der Waals surface area contributed by atoms with Crippen LogP contribution in [0.1, 0.15) is 12.5 Å². The lowest BCUT2D eigenvalue weighted by Gasteiger charge is -2.38. The van der Waals surface area contributed by atoms with Crippen LogP contribution in [0, 0.1) is 5.82 Å². The second-order valence-corrected chi connectivity index (χ2v) is 10.4. The van der Waals surface area contributed by atoms with Gasteiger partial charge in [-0.05, 0) is 54.4 Å². The number of carbonyl (C=O) groups is 1. The lowest BCUT2D eigenvalue weighted by molar-refractivity contribution is -0.129. The smallest absolute Gasteiger partial charge is 0.265 e. The van der Waals surface area contributed by atoms with Crippen molar-refractivity contribution in [1.29, 1.82) is 0 Å². The first-order valence-electron chi connectivity index (χ1n) is 11.4. The van der Waals surface area contributed by atoms with Crippen LogP contribution >= 0.6 is 0 Å². The van der Waals surface area contributed by atoms with Crippen molar-refractivity contribution in [3.8, 4) is 11.1 Å². The molecular formula is C26H26FN3O3S. The Hall–Kier alpha value is -3.39. The third kappa shape index (κ3) is 3.92. The van der Waals surface area contributed by atoms with E-state index in [4.69, 9.17) is 0 Å². The Bertz CT molecular complexity index is 1330. The van der Waals surface area contributed by atoms with Crippen molar-refractivity contribution in [1.82, 2.24) is 4.90 Å². The fourth-order valence-electron chi connectivity index (χ4n) is 4.66. The van der Waals surface area contributed by atoms with Gasteiger partial charge in [-0.2, -0.15) is 0 Å². The maximum absolute atomic E-state index is 13.5. The molecule has 3 aromatic carbocycles. The van der Waals surface area contributed by atoms with Crippen molar-refractivity contribution in [2.24, 2.45) is 0 Å². The molecule has 8 heteroatoms. The number of benzene rings is 3. The van der Waals surface area contributed by atoms with Crippen molar-refractivity contribution >= 4 is 27.3 Å². The van der Waals surface area contributed by atoms with E-state index in [2.05, 4.69) is 11.8 Å². The number of anilines is 2. The minimum absolute atomic E-state index is 0.227. The van der Waals surface area contributed by atoms with Gasteiger partial charge in [0.25, 0.3) is 10.0 Å². The Morgan fingerprint density at radius 2 is 1.62 bits per heavy atom. The lowest BCUT2D eigenvalue weighted by Crippen LogP contribution is -2.52. The SMILES string of the molecule is CCc1ccc2c(c1)-c1ccccc1S(=O)(=O)N2CC(=O)N1CCN(c2ccc(F)cc2)CC1. The third-order valence-corrected chi connectivity index (χ3v) is 8.40. The van der Waals surface area contributed by atoms with Crippen LogP contribution < -0.4 is 9.21 Å².